The molecule has 8 heteroatoms. The third-order valence-corrected chi connectivity index (χ3v) is 2.94. The molecule has 3 N–H and O–H groups in total. The highest BCUT2D eigenvalue weighted by atomic mass is 19.2. The van der Waals surface area contributed by atoms with Gasteiger partial charge in [-0.2, -0.15) is 0 Å². The van der Waals surface area contributed by atoms with Crippen LogP contribution in [0, 0.1) is 17.5 Å². The lowest BCUT2D eigenvalue weighted by atomic mass is 9.92. The average Bonchev–Trinajstić information content (AvgIpc) is 2.34. The van der Waals surface area contributed by atoms with E-state index in [1.54, 1.807) is 0 Å². The first-order valence-corrected chi connectivity index (χ1v) is 5.96. The Morgan fingerprint density at radius 3 is 2.05 bits per heavy atom. The molecule has 0 amide bonds. The van der Waals surface area contributed by atoms with E-state index in [2.05, 4.69) is 0 Å². The van der Waals surface area contributed by atoms with Gasteiger partial charge in [-0.25, -0.2) is 18.0 Å². The standard InChI is InChI=1S/C13H13F3O5/c14-8-4-7(5-9(15)11(8)16)2-1-3-13(21,12(19)20)6-10(17)18/h4-5,21H,1-3,6H2,(H,17,18)(H,19,20)/t13-/m1/s1. The Kier molecular flexibility index (Phi) is 5.31. The first-order valence-electron chi connectivity index (χ1n) is 5.96. The number of carboxylic acids is 2. The number of halogens is 3. The number of hydrogen-bond acceptors (Lipinski definition) is 3. The minimum atomic E-state index is -2.46. The number of aliphatic hydroxyl groups is 1. The summed E-state index contributed by atoms with van der Waals surface area (Å²) in [5, 5.41) is 27.1. The Labute approximate surface area is 117 Å². The van der Waals surface area contributed by atoms with Gasteiger partial charge in [-0.05, 0) is 37.0 Å². The lowest BCUT2D eigenvalue weighted by molar-refractivity contribution is -0.166. The van der Waals surface area contributed by atoms with Crippen LogP contribution in [0.4, 0.5) is 13.2 Å². The molecule has 0 aliphatic rings. The van der Waals surface area contributed by atoms with E-state index in [1.807, 2.05) is 0 Å². The van der Waals surface area contributed by atoms with E-state index >= 15 is 0 Å². The van der Waals surface area contributed by atoms with Gasteiger partial charge in [0.15, 0.2) is 23.1 Å². The molecular weight excluding hydrogens is 293 g/mol. The number of rotatable bonds is 7. The number of aryl methyl sites for hydroxylation is 1. The van der Waals surface area contributed by atoms with Crippen molar-refractivity contribution in [3.63, 3.8) is 0 Å². The number of carboxylic acid groups (broad SMARTS) is 2. The lowest BCUT2D eigenvalue weighted by Gasteiger charge is -2.21. The molecule has 0 aliphatic heterocycles. The molecule has 1 aromatic carbocycles. The van der Waals surface area contributed by atoms with Crippen LogP contribution in [0.25, 0.3) is 0 Å². The van der Waals surface area contributed by atoms with Crippen LogP contribution in [0.2, 0.25) is 0 Å². The first-order chi connectivity index (χ1) is 9.65. The van der Waals surface area contributed by atoms with Crippen LogP contribution in [-0.4, -0.2) is 32.9 Å². The van der Waals surface area contributed by atoms with Crippen LogP contribution in [0.15, 0.2) is 12.1 Å². The number of hydrogen-bond donors (Lipinski definition) is 3. The van der Waals surface area contributed by atoms with Gasteiger partial charge in [0.2, 0.25) is 0 Å². The molecule has 0 radical (unpaired) electrons. The highest BCUT2D eigenvalue weighted by molar-refractivity contribution is 5.83. The maximum atomic E-state index is 13.0. The molecule has 0 saturated carbocycles. The van der Waals surface area contributed by atoms with Gasteiger partial charge in [0.05, 0.1) is 6.42 Å². The van der Waals surface area contributed by atoms with Crippen molar-refractivity contribution in [3.8, 4) is 0 Å². The largest absolute Gasteiger partial charge is 0.481 e. The predicted molar refractivity (Wildman–Crippen MR) is 64.1 cm³/mol. The molecule has 5 nitrogen and oxygen atoms in total. The van der Waals surface area contributed by atoms with Crippen molar-refractivity contribution in [1.29, 1.82) is 0 Å². The molecule has 0 heterocycles. The fraction of sp³-hybridized carbons (Fsp3) is 0.385. The minimum absolute atomic E-state index is 0.0384. The van der Waals surface area contributed by atoms with E-state index in [0.717, 1.165) is 12.1 Å². The fourth-order valence-corrected chi connectivity index (χ4v) is 1.86. The quantitative estimate of drug-likeness (QED) is 0.667. The predicted octanol–water partition coefficient (Wildman–Crippen LogP) is 1.72. The Hall–Kier alpha value is -2.09. The van der Waals surface area contributed by atoms with Gasteiger partial charge < -0.3 is 15.3 Å². The second-order valence-electron chi connectivity index (χ2n) is 4.63. The molecule has 0 fully saturated rings. The molecule has 0 aliphatic carbocycles. The average molecular weight is 306 g/mol. The number of carbonyl (C=O) groups is 2. The topological polar surface area (TPSA) is 94.8 Å². The van der Waals surface area contributed by atoms with Crippen molar-refractivity contribution in [2.45, 2.75) is 31.3 Å². The zero-order valence-corrected chi connectivity index (χ0v) is 10.8. The van der Waals surface area contributed by atoms with Crippen molar-refractivity contribution < 1.29 is 38.1 Å². The van der Waals surface area contributed by atoms with Crippen molar-refractivity contribution in [2.24, 2.45) is 0 Å². The van der Waals surface area contributed by atoms with E-state index in [1.165, 1.54) is 0 Å². The summed E-state index contributed by atoms with van der Waals surface area (Å²) in [4.78, 5) is 21.4. The molecule has 0 spiro atoms. The lowest BCUT2D eigenvalue weighted by Crippen LogP contribution is -2.40. The molecule has 1 atom stereocenters. The fourth-order valence-electron chi connectivity index (χ4n) is 1.86. The van der Waals surface area contributed by atoms with Crippen molar-refractivity contribution in [3.05, 3.63) is 35.1 Å². The maximum Gasteiger partial charge on any atom is 0.336 e. The van der Waals surface area contributed by atoms with Gasteiger partial charge >= 0.3 is 11.9 Å². The Morgan fingerprint density at radius 2 is 1.62 bits per heavy atom. The number of aliphatic carboxylic acids is 2. The zero-order chi connectivity index (χ0) is 16.2. The van der Waals surface area contributed by atoms with Crippen LogP contribution in [0.5, 0.6) is 0 Å². The van der Waals surface area contributed by atoms with E-state index in [0.29, 0.717) is 0 Å². The van der Waals surface area contributed by atoms with Gasteiger partial charge in [-0.1, -0.05) is 0 Å². The second kappa shape index (κ2) is 6.57. The minimum Gasteiger partial charge on any atom is -0.481 e. The summed E-state index contributed by atoms with van der Waals surface area (Å²) in [5.41, 5.74) is -2.38. The summed E-state index contributed by atoms with van der Waals surface area (Å²) in [6.45, 7) is 0. The van der Waals surface area contributed by atoms with Crippen molar-refractivity contribution >= 4 is 11.9 Å². The molecule has 0 unspecified atom stereocenters. The van der Waals surface area contributed by atoms with Crippen molar-refractivity contribution in [2.75, 3.05) is 0 Å². The third-order valence-electron chi connectivity index (χ3n) is 2.94. The summed E-state index contributed by atoms with van der Waals surface area (Å²) in [6.07, 6.45) is -1.49. The molecule has 0 bridgehead atoms. The first kappa shape index (κ1) is 17.0. The highest BCUT2D eigenvalue weighted by Crippen LogP contribution is 2.21. The van der Waals surface area contributed by atoms with Crippen molar-refractivity contribution in [1.82, 2.24) is 0 Å². The normalized spacial score (nSPS) is 13.7. The molecular formula is C13H13F3O5. The van der Waals surface area contributed by atoms with Gasteiger partial charge in [0.25, 0.3) is 0 Å². The third kappa shape index (κ3) is 4.45. The van der Waals surface area contributed by atoms with Gasteiger partial charge in [-0.15, -0.1) is 0 Å². The zero-order valence-electron chi connectivity index (χ0n) is 10.8. The summed E-state index contributed by atoms with van der Waals surface area (Å²) in [6, 6.07) is 1.52. The van der Waals surface area contributed by atoms with Crippen LogP contribution < -0.4 is 0 Å². The molecule has 1 rings (SSSR count). The molecule has 0 saturated heterocycles. The van der Waals surface area contributed by atoms with Gasteiger partial charge in [0.1, 0.15) is 0 Å². The second-order valence-corrected chi connectivity index (χ2v) is 4.63. The Balaban J connectivity index is 2.71. The van der Waals surface area contributed by atoms with Crippen LogP contribution in [-0.2, 0) is 16.0 Å². The summed E-state index contributed by atoms with van der Waals surface area (Å²) < 4.78 is 38.7. The Morgan fingerprint density at radius 1 is 1.10 bits per heavy atom. The molecule has 21 heavy (non-hydrogen) atoms. The van der Waals surface area contributed by atoms with Crippen LogP contribution in [0.3, 0.4) is 0 Å². The van der Waals surface area contributed by atoms with E-state index in [-0.39, 0.29) is 18.4 Å². The monoisotopic (exact) mass is 306 g/mol. The summed E-state index contributed by atoms with van der Waals surface area (Å²) in [5.74, 6) is -7.53. The van der Waals surface area contributed by atoms with E-state index in [9.17, 15) is 27.9 Å². The van der Waals surface area contributed by atoms with Crippen LogP contribution >= 0.6 is 0 Å². The van der Waals surface area contributed by atoms with E-state index < -0.39 is 47.8 Å². The highest BCUT2D eigenvalue weighted by Gasteiger charge is 2.37. The molecule has 116 valence electrons. The number of benzene rings is 1. The van der Waals surface area contributed by atoms with E-state index in [4.69, 9.17) is 10.2 Å². The smallest absolute Gasteiger partial charge is 0.336 e. The van der Waals surface area contributed by atoms with Gasteiger partial charge in [-0.3, -0.25) is 4.79 Å². The maximum absolute atomic E-state index is 13.0. The van der Waals surface area contributed by atoms with Gasteiger partial charge in [0, 0.05) is 0 Å². The molecule has 0 aromatic heterocycles. The van der Waals surface area contributed by atoms with Crippen LogP contribution in [0.1, 0.15) is 24.8 Å². The summed E-state index contributed by atoms with van der Waals surface area (Å²) in [7, 11) is 0. The summed E-state index contributed by atoms with van der Waals surface area (Å²) >= 11 is 0. The Bertz CT molecular complexity index is 538. The SMILES string of the molecule is O=C(O)C[C@](O)(CCCc1cc(F)c(F)c(F)c1)C(=O)O. The molecule has 1 aromatic rings.